The monoisotopic (exact) mass is 526 g/mol. The molecule has 2 atom stereocenters. The van der Waals surface area contributed by atoms with Gasteiger partial charge in [0.2, 0.25) is 0 Å². The van der Waals surface area contributed by atoms with Crippen LogP contribution in [0.5, 0.6) is 5.75 Å². The highest BCUT2D eigenvalue weighted by Gasteiger charge is 2.47. The van der Waals surface area contributed by atoms with Gasteiger partial charge in [0.25, 0.3) is 5.91 Å². The molecule has 8 nitrogen and oxygen atoms in total. The Morgan fingerprint density at radius 2 is 1.97 bits per heavy atom. The van der Waals surface area contributed by atoms with Crippen molar-refractivity contribution in [2.24, 2.45) is 11.8 Å². The van der Waals surface area contributed by atoms with Gasteiger partial charge in [-0.3, -0.25) is 4.79 Å². The fourth-order valence-corrected chi connectivity index (χ4v) is 6.64. The van der Waals surface area contributed by atoms with E-state index in [9.17, 15) is 15.2 Å². The van der Waals surface area contributed by atoms with Crippen LogP contribution in [0.2, 0.25) is 5.02 Å². The average molecular weight is 527 g/mol. The van der Waals surface area contributed by atoms with Crippen LogP contribution in [-0.2, 0) is 0 Å². The quantitative estimate of drug-likeness (QED) is 0.389. The van der Waals surface area contributed by atoms with E-state index in [1.807, 2.05) is 31.2 Å². The van der Waals surface area contributed by atoms with Crippen LogP contribution >= 0.6 is 11.6 Å². The molecule has 1 amide bonds. The molecule has 1 saturated heterocycles. The summed E-state index contributed by atoms with van der Waals surface area (Å²) in [6.07, 6.45) is 6.57. The molecular weight excluding hydrogens is 500 g/mol. The predicted molar refractivity (Wildman–Crippen MR) is 145 cm³/mol. The van der Waals surface area contributed by atoms with Gasteiger partial charge in [-0.25, -0.2) is 9.50 Å². The minimum atomic E-state index is -0.272. The van der Waals surface area contributed by atoms with Gasteiger partial charge in [-0.05, 0) is 68.4 Å². The maximum Gasteiger partial charge on any atom is 0.253 e. The largest absolute Gasteiger partial charge is 0.506 e. The molecular formula is C29H27ClN6O2. The van der Waals surface area contributed by atoms with Gasteiger partial charge in [-0.1, -0.05) is 23.7 Å². The number of amides is 1. The summed E-state index contributed by atoms with van der Waals surface area (Å²) in [5.41, 5.74) is 3.75. The average Bonchev–Trinajstić information content (AvgIpc) is 3.54. The third kappa shape index (κ3) is 4.13. The lowest BCUT2D eigenvalue weighted by Crippen LogP contribution is -2.45. The molecule has 2 fully saturated rings. The van der Waals surface area contributed by atoms with Crippen LogP contribution in [-0.4, -0.2) is 44.2 Å². The Morgan fingerprint density at radius 1 is 1.21 bits per heavy atom. The number of hydrogen-bond acceptors (Lipinski definition) is 6. The predicted octanol–water partition coefficient (Wildman–Crippen LogP) is 4.97. The number of halogens is 1. The van der Waals surface area contributed by atoms with E-state index in [0.29, 0.717) is 39.1 Å². The zero-order valence-corrected chi connectivity index (χ0v) is 21.9. The topological polar surface area (TPSA) is 107 Å². The van der Waals surface area contributed by atoms with E-state index in [0.717, 1.165) is 42.9 Å². The van der Waals surface area contributed by atoms with Gasteiger partial charge in [0.1, 0.15) is 17.6 Å². The highest BCUT2D eigenvalue weighted by Crippen LogP contribution is 2.45. The molecule has 0 spiro atoms. The number of aromatic nitrogens is 3. The molecule has 2 aliphatic rings. The summed E-state index contributed by atoms with van der Waals surface area (Å²) in [7, 11) is 0. The summed E-state index contributed by atoms with van der Waals surface area (Å²) in [5, 5.41) is 27.6. The molecule has 1 aromatic carbocycles. The van der Waals surface area contributed by atoms with Gasteiger partial charge >= 0.3 is 0 Å². The lowest BCUT2D eigenvalue weighted by atomic mass is 9.96. The van der Waals surface area contributed by atoms with Gasteiger partial charge in [0.15, 0.2) is 0 Å². The molecule has 2 N–H and O–H groups in total. The number of anilines is 1. The van der Waals surface area contributed by atoms with Crippen molar-refractivity contribution in [3.63, 3.8) is 0 Å². The zero-order chi connectivity index (χ0) is 26.6. The smallest absolute Gasteiger partial charge is 0.253 e. The number of carbonyl (C=O) groups is 1. The van der Waals surface area contributed by atoms with Crippen LogP contribution in [0.3, 0.4) is 0 Å². The Labute approximate surface area is 225 Å². The minimum absolute atomic E-state index is 0.0661. The van der Waals surface area contributed by atoms with Crippen molar-refractivity contribution in [2.75, 3.05) is 18.0 Å². The van der Waals surface area contributed by atoms with Crippen molar-refractivity contribution in [1.29, 1.82) is 5.26 Å². The van der Waals surface area contributed by atoms with E-state index >= 15 is 0 Å². The summed E-state index contributed by atoms with van der Waals surface area (Å²) in [6, 6.07) is 13.3. The first-order valence-electron chi connectivity index (χ1n) is 12.6. The van der Waals surface area contributed by atoms with Crippen molar-refractivity contribution < 1.29 is 9.90 Å². The van der Waals surface area contributed by atoms with Crippen LogP contribution in [0.15, 0.2) is 55.0 Å². The van der Waals surface area contributed by atoms with Crippen LogP contribution in [0.25, 0.3) is 16.6 Å². The second-order valence-electron chi connectivity index (χ2n) is 10.8. The third-order valence-electron chi connectivity index (χ3n) is 7.97. The van der Waals surface area contributed by atoms with Crippen molar-refractivity contribution in [3.8, 4) is 22.9 Å². The first-order valence-corrected chi connectivity index (χ1v) is 13.0. The molecule has 1 aliphatic carbocycles. The number of hydrogen-bond donors (Lipinski definition) is 2. The molecule has 0 radical (unpaired) electrons. The summed E-state index contributed by atoms with van der Waals surface area (Å²) in [5.74, 6) is 1.78. The molecule has 0 bridgehead atoms. The third-order valence-corrected chi connectivity index (χ3v) is 8.28. The number of carbonyl (C=O) groups excluding carboxylic acids is 1. The molecule has 6 rings (SSSR count). The second kappa shape index (κ2) is 9.03. The summed E-state index contributed by atoms with van der Waals surface area (Å²) in [6.45, 7) is 5.80. The minimum Gasteiger partial charge on any atom is -0.506 e. The number of pyridine rings is 2. The van der Waals surface area contributed by atoms with Gasteiger partial charge in [0.05, 0.1) is 34.1 Å². The molecule has 192 valence electrons. The Morgan fingerprint density at radius 3 is 2.63 bits per heavy atom. The highest BCUT2D eigenvalue weighted by molar-refractivity contribution is 6.34. The molecule has 1 aliphatic heterocycles. The number of nitriles is 1. The number of benzene rings is 1. The molecule has 4 aromatic rings. The van der Waals surface area contributed by atoms with Gasteiger partial charge in [0, 0.05) is 36.0 Å². The van der Waals surface area contributed by atoms with Crippen molar-refractivity contribution in [3.05, 3.63) is 76.7 Å². The zero-order valence-electron chi connectivity index (χ0n) is 21.1. The molecule has 1 saturated carbocycles. The van der Waals surface area contributed by atoms with Crippen molar-refractivity contribution >= 4 is 28.8 Å². The molecule has 2 unspecified atom stereocenters. The van der Waals surface area contributed by atoms with E-state index in [2.05, 4.69) is 28.3 Å². The summed E-state index contributed by atoms with van der Waals surface area (Å²) >= 11 is 6.33. The van der Waals surface area contributed by atoms with Crippen LogP contribution in [0.1, 0.15) is 41.3 Å². The van der Waals surface area contributed by atoms with E-state index < -0.39 is 0 Å². The molecule has 3 aromatic heterocycles. The van der Waals surface area contributed by atoms with Gasteiger partial charge < -0.3 is 15.3 Å². The Balaban J connectivity index is 1.16. The first kappa shape index (κ1) is 24.3. The number of nitrogens with one attached hydrogen (secondary N) is 1. The first-order chi connectivity index (χ1) is 18.2. The Bertz CT molecular complexity index is 1570. The Hall–Kier alpha value is -4.09. The van der Waals surface area contributed by atoms with Crippen LogP contribution < -0.4 is 10.2 Å². The van der Waals surface area contributed by atoms with E-state index in [4.69, 9.17) is 16.6 Å². The fourth-order valence-electron chi connectivity index (χ4n) is 6.33. The second-order valence-corrected chi connectivity index (χ2v) is 11.2. The maximum absolute atomic E-state index is 13.1. The SMILES string of the molecule is Cc1cccc(Cl)c1C(=O)NC1(C)CC2CN(c3ccc(-c4cc(O)cn5ncc(C#N)c45)cn3)CC2C1. The summed E-state index contributed by atoms with van der Waals surface area (Å²) < 4.78 is 1.52. The van der Waals surface area contributed by atoms with Gasteiger partial charge in [-0.2, -0.15) is 10.4 Å². The number of fused-ring (bicyclic) bond motifs is 2. The highest BCUT2D eigenvalue weighted by atomic mass is 35.5. The van der Waals surface area contributed by atoms with Crippen LogP contribution in [0.4, 0.5) is 5.82 Å². The number of rotatable bonds is 4. The van der Waals surface area contributed by atoms with E-state index in [1.165, 1.54) is 16.9 Å². The van der Waals surface area contributed by atoms with E-state index in [-0.39, 0.29) is 17.2 Å². The maximum atomic E-state index is 13.1. The molecule has 9 heteroatoms. The normalized spacial score (nSPS) is 22.4. The fraction of sp³-hybridized carbons (Fsp3) is 0.310. The lowest BCUT2D eigenvalue weighted by molar-refractivity contribution is 0.0904. The lowest BCUT2D eigenvalue weighted by Gasteiger charge is -2.29. The molecule has 4 heterocycles. The van der Waals surface area contributed by atoms with Crippen molar-refractivity contribution in [2.45, 2.75) is 32.2 Å². The number of aryl methyl sites for hydroxylation is 1. The van der Waals surface area contributed by atoms with Crippen molar-refractivity contribution in [1.82, 2.24) is 19.9 Å². The number of aromatic hydroxyl groups is 1. The summed E-state index contributed by atoms with van der Waals surface area (Å²) in [4.78, 5) is 20.1. The Kier molecular flexibility index (Phi) is 5.77. The van der Waals surface area contributed by atoms with E-state index in [1.54, 1.807) is 18.3 Å². The standard InChI is InChI=1S/C29H27ClN6O2/c1-17-4-3-5-24(30)26(17)28(38)34-29(2)9-19-14-35(15-20(19)10-29)25-7-6-18(12-32-25)23-8-22(37)16-36-27(23)21(11-31)13-33-36/h3-8,12-13,16,19-20,37H,9-10,14-15H2,1-2H3,(H,34,38). The molecule has 38 heavy (non-hydrogen) atoms. The van der Waals surface area contributed by atoms with Gasteiger partial charge in [-0.15, -0.1) is 0 Å². The van der Waals surface area contributed by atoms with Crippen LogP contribution in [0, 0.1) is 30.1 Å². The number of nitrogens with zero attached hydrogens (tertiary/aromatic N) is 5.